The third kappa shape index (κ3) is 3.86. The number of aromatic nitrogens is 3. The van der Waals surface area contributed by atoms with E-state index < -0.39 is 10.0 Å². The molecule has 3 heterocycles. The van der Waals surface area contributed by atoms with Crippen molar-refractivity contribution in [3.8, 4) is 11.5 Å². The first-order valence-electron chi connectivity index (χ1n) is 10.8. The second-order valence-corrected chi connectivity index (χ2v) is 9.68. The molecule has 11 heteroatoms. The fraction of sp³-hybridized carbons (Fsp3) is 0.304. The van der Waals surface area contributed by atoms with Crippen LogP contribution in [-0.2, 0) is 36.1 Å². The van der Waals surface area contributed by atoms with E-state index in [1.165, 1.54) is 19.8 Å². The van der Waals surface area contributed by atoms with Crippen LogP contribution in [0.15, 0.2) is 45.9 Å². The molecule has 34 heavy (non-hydrogen) atoms. The van der Waals surface area contributed by atoms with Gasteiger partial charge in [0, 0.05) is 18.7 Å². The minimum Gasteiger partial charge on any atom is -0.496 e. The third-order valence-corrected chi connectivity index (χ3v) is 7.31. The Hall–Kier alpha value is -3.57. The van der Waals surface area contributed by atoms with Crippen molar-refractivity contribution in [3.05, 3.63) is 58.9 Å². The molecule has 4 aromatic rings. The number of rotatable bonds is 8. The molecule has 178 valence electrons. The summed E-state index contributed by atoms with van der Waals surface area (Å²) in [5.74, 6) is 0.738. The van der Waals surface area contributed by atoms with Crippen LogP contribution in [0.5, 0.6) is 11.5 Å². The van der Waals surface area contributed by atoms with Crippen LogP contribution in [0.4, 0.5) is 5.82 Å². The second kappa shape index (κ2) is 8.65. The Morgan fingerprint density at radius 3 is 2.71 bits per heavy atom. The molecule has 2 aromatic heterocycles. The highest BCUT2D eigenvalue weighted by Gasteiger charge is 2.25. The molecule has 0 amide bonds. The van der Waals surface area contributed by atoms with Crippen molar-refractivity contribution in [1.29, 1.82) is 0 Å². The molecule has 0 atom stereocenters. The summed E-state index contributed by atoms with van der Waals surface area (Å²) in [7, 11) is -1.05. The van der Waals surface area contributed by atoms with Gasteiger partial charge in [0.25, 0.3) is 10.0 Å². The van der Waals surface area contributed by atoms with Crippen LogP contribution >= 0.6 is 0 Å². The van der Waals surface area contributed by atoms with E-state index in [1.54, 1.807) is 12.1 Å². The minimum absolute atomic E-state index is 0.0298. The van der Waals surface area contributed by atoms with E-state index in [-0.39, 0.29) is 16.5 Å². The topological polar surface area (TPSA) is 121 Å². The van der Waals surface area contributed by atoms with E-state index >= 15 is 0 Å². The lowest BCUT2D eigenvalue weighted by atomic mass is 10.1. The number of methoxy groups -OCH3 is 2. The summed E-state index contributed by atoms with van der Waals surface area (Å²) in [4.78, 5) is 0.0298. The first-order chi connectivity index (χ1) is 16.4. The van der Waals surface area contributed by atoms with Crippen molar-refractivity contribution in [2.75, 3.05) is 18.9 Å². The van der Waals surface area contributed by atoms with Gasteiger partial charge in [0.2, 0.25) is 0 Å². The van der Waals surface area contributed by atoms with Gasteiger partial charge in [-0.1, -0.05) is 18.1 Å². The molecule has 0 saturated carbocycles. The van der Waals surface area contributed by atoms with Gasteiger partial charge < -0.3 is 19.3 Å². The van der Waals surface area contributed by atoms with Crippen molar-refractivity contribution in [2.24, 2.45) is 0 Å². The predicted molar refractivity (Wildman–Crippen MR) is 126 cm³/mol. The minimum atomic E-state index is -4.01. The highest BCUT2D eigenvalue weighted by molar-refractivity contribution is 7.92. The summed E-state index contributed by atoms with van der Waals surface area (Å²) in [6.07, 6.45) is 2.56. The maximum absolute atomic E-state index is 13.2. The zero-order valence-corrected chi connectivity index (χ0v) is 19.9. The summed E-state index contributed by atoms with van der Waals surface area (Å²) in [6, 6.07) is 8.72. The van der Waals surface area contributed by atoms with Gasteiger partial charge in [0.1, 0.15) is 21.8 Å². The molecule has 10 nitrogen and oxygen atoms in total. The molecule has 0 unspecified atom stereocenters. The van der Waals surface area contributed by atoms with Gasteiger partial charge >= 0.3 is 0 Å². The largest absolute Gasteiger partial charge is 0.496 e. The standard InChI is InChI=1S/C23H25N5O5S/c1-4-14-5-6-18(31-2)21(9-14)34(29,30)27-23-22-19(32-3)7-15(8-20(22)33-26-23)13-28-17-12-24-10-16(17)11-25-28/h5-9,11,24H,4,10,12-13H2,1-3H3,(H,26,27). The molecule has 0 bridgehead atoms. The van der Waals surface area contributed by atoms with Crippen molar-refractivity contribution >= 4 is 26.8 Å². The summed E-state index contributed by atoms with van der Waals surface area (Å²) in [6.45, 7) is 4.06. The Morgan fingerprint density at radius 1 is 1.12 bits per heavy atom. The number of sulfonamides is 1. The van der Waals surface area contributed by atoms with Crippen LogP contribution in [0, 0.1) is 0 Å². The summed E-state index contributed by atoms with van der Waals surface area (Å²) < 4.78 is 47.3. The van der Waals surface area contributed by atoms with E-state index in [0.717, 1.165) is 29.9 Å². The van der Waals surface area contributed by atoms with Crippen LogP contribution < -0.4 is 19.5 Å². The van der Waals surface area contributed by atoms with E-state index in [4.69, 9.17) is 14.0 Å². The molecule has 1 aliphatic heterocycles. The number of aryl methyl sites for hydroxylation is 1. The Kier molecular flexibility index (Phi) is 5.66. The van der Waals surface area contributed by atoms with Gasteiger partial charge in [-0.3, -0.25) is 9.40 Å². The van der Waals surface area contributed by atoms with Gasteiger partial charge in [-0.2, -0.15) is 5.10 Å². The van der Waals surface area contributed by atoms with Gasteiger partial charge in [0.15, 0.2) is 11.4 Å². The monoisotopic (exact) mass is 483 g/mol. The van der Waals surface area contributed by atoms with Crippen molar-refractivity contribution in [1.82, 2.24) is 20.3 Å². The molecule has 1 aliphatic rings. The molecule has 2 N–H and O–H groups in total. The number of fused-ring (bicyclic) bond motifs is 2. The number of ether oxygens (including phenoxy) is 2. The van der Waals surface area contributed by atoms with Gasteiger partial charge in [-0.15, -0.1) is 0 Å². The molecule has 0 radical (unpaired) electrons. The van der Waals surface area contributed by atoms with Crippen LogP contribution in [0.2, 0.25) is 0 Å². The molecular formula is C23H25N5O5S. The van der Waals surface area contributed by atoms with E-state index in [0.29, 0.717) is 29.7 Å². The van der Waals surface area contributed by atoms with Gasteiger partial charge in [0.05, 0.1) is 32.7 Å². The Morgan fingerprint density at radius 2 is 1.94 bits per heavy atom. The number of benzene rings is 2. The highest BCUT2D eigenvalue weighted by atomic mass is 32.2. The third-order valence-electron chi connectivity index (χ3n) is 5.95. The molecule has 0 saturated heterocycles. The van der Waals surface area contributed by atoms with Crippen molar-refractivity contribution < 1.29 is 22.4 Å². The lowest BCUT2D eigenvalue weighted by Gasteiger charge is -2.12. The lowest BCUT2D eigenvalue weighted by Crippen LogP contribution is -2.15. The van der Waals surface area contributed by atoms with Crippen LogP contribution in [0.25, 0.3) is 11.0 Å². The maximum Gasteiger partial charge on any atom is 0.266 e. The molecule has 5 rings (SSSR count). The fourth-order valence-electron chi connectivity index (χ4n) is 4.17. The number of nitrogens with zero attached hydrogens (tertiary/aromatic N) is 3. The zero-order valence-electron chi connectivity index (χ0n) is 19.1. The average Bonchev–Trinajstić information content (AvgIpc) is 3.56. The van der Waals surface area contributed by atoms with E-state index in [2.05, 4.69) is 20.3 Å². The smallest absolute Gasteiger partial charge is 0.266 e. The maximum atomic E-state index is 13.2. The summed E-state index contributed by atoms with van der Waals surface area (Å²) in [5, 5.41) is 12.2. The normalized spacial score (nSPS) is 13.3. The number of nitrogens with one attached hydrogen (secondary N) is 2. The Labute approximate surface area is 196 Å². The van der Waals surface area contributed by atoms with Crippen LogP contribution in [-0.4, -0.2) is 37.6 Å². The van der Waals surface area contributed by atoms with Crippen LogP contribution in [0.3, 0.4) is 0 Å². The van der Waals surface area contributed by atoms with Crippen molar-refractivity contribution in [3.63, 3.8) is 0 Å². The predicted octanol–water partition coefficient (Wildman–Crippen LogP) is 3.06. The molecule has 2 aromatic carbocycles. The van der Waals surface area contributed by atoms with E-state index in [1.807, 2.05) is 36.0 Å². The molecule has 0 spiro atoms. The Bertz CT molecular complexity index is 1470. The number of anilines is 1. The number of hydrogen-bond acceptors (Lipinski definition) is 8. The molecule has 0 aliphatic carbocycles. The molecular weight excluding hydrogens is 458 g/mol. The zero-order chi connectivity index (χ0) is 23.9. The quantitative estimate of drug-likeness (QED) is 0.392. The van der Waals surface area contributed by atoms with Gasteiger partial charge in [-0.25, -0.2) is 8.42 Å². The number of hydrogen-bond donors (Lipinski definition) is 2. The fourth-order valence-corrected chi connectivity index (χ4v) is 5.40. The lowest BCUT2D eigenvalue weighted by molar-refractivity contribution is 0.402. The summed E-state index contributed by atoms with van der Waals surface area (Å²) >= 11 is 0. The van der Waals surface area contributed by atoms with Gasteiger partial charge in [-0.05, 0) is 41.8 Å². The van der Waals surface area contributed by atoms with Crippen molar-refractivity contribution in [2.45, 2.75) is 37.9 Å². The second-order valence-electron chi connectivity index (χ2n) is 8.02. The van der Waals surface area contributed by atoms with Crippen LogP contribution in [0.1, 0.15) is 29.3 Å². The molecule has 0 fully saturated rings. The summed E-state index contributed by atoms with van der Waals surface area (Å²) in [5.41, 5.74) is 4.50. The SMILES string of the molecule is CCc1ccc(OC)c(S(=O)(=O)Nc2noc3cc(Cn4ncc5c4CNC5)cc(OC)c23)c1. The highest BCUT2D eigenvalue weighted by Crippen LogP contribution is 2.36. The first-order valence-corrected chi connectivity index (χ1v) is 12.3. The van der Waals surface area contributed by atoms with E-state index in [9.17, 15) is 8.42 Å². The Balaban J connectivity index is 1.50. The first kappa shape index (κ1) is 22.2. The average molecular weight is 484 g/mol.